The van der Waals surface area contributed by atoms with Gasteiger partial charge >= 0.3 is 0 Å². The van der Waals surface area contributed by atoms with Crippen LogP contribution in [0.5, 0.6) is 0 Å². The molecule has 0 aliphatic carbocycles. The molecule has 0 spiro atoms. The van der Waals surface area contributed by atoms with E-state index in [1.807, 2.05) is 43.3 Å². The van der Waals surface area contributed by atoms with Crippen LogP contribution in [0.2, 0.25) is 0 Å². The van der Waals surface area contributed by atoms with E-state index in [-0.39, 0.29) is 10.7 Å². The second-order valence-corrected chi connectivity index (χ2v) is 7.87. The van der Waals surface area contributed by atoms with Gasteiger partial charge in [-0.3, -0.25) is 19.8 Å². The van der Waals surface area contributed by atoms with Gasteiger partial charge < -0.3 is 0 Å². The van der Waals surface area contributed by atoms with E-state index in [1.165, 1.54) is 4.90 Å². The Morgan fingerprint density at radius 1 is 1.20 bits per heavy atom. The summed E-state index contributed by atoms with van der Waals surface area (Å²) in [5, 5.41) is 2.69. The largest absolute Gasteiger partial charge is 0.298 e. The van der Waals surface area contributed by atoms with Gasteiger partial charge in [0.1, 0.15) is 5.57 Å². The molecule has 3 rings (SSSR count). The molecule has 0 radical (unpaired) electrons. The summed E-state index contributed by atoms with van der Waals surface area (Å²) in [4.78, 5) is 26.7. The first-order chi connectivity index (χ1) is 11.9. The van der Waals surface area contributed by atoms with Crippen LogP contribution in [0.1, 0.15) is 11.1 Å². The van der Waals surface area contributed by atoms with Gasteiger partial charge in [-0.2, -0.15) is 0 Å². The van der Waals surface area contributed by atoms with Crippen molar-refractivity contribution in [2.75, 3.05) is 4.90 Å². The van der Waals surface area contributed by atoms with Crippen molar-refractivity contribution in [2.45, 2.75) is 6.92 Å². The molecule has 1 aliphatic rings. The van der Waals surface area contributed by atoms with Crippen molar-refractivity contribution >= 4 is 79.4 Å². The van der Waals surface area contributed by atoms with Crippen molar-refractivity contribution in [3.05, 3.63) is 67.2 Å². The lowest BCUT2D eigenvalue weighted by molar-refractivity contribution is -0.122. The molecule has 126 valence electrons. The molecular weight excluding hydrogens is 515 g/mol. The molecule has 4 nitrogen and oxygen atoms in total. The van der Waals surface area contributed by atoms with E-state index < -0.39 is 11.8 Å². The highest BCUT2D eigenvalue weighted by atomic mass is 127. The minimum Gasteiger partial charge on any atom is -0.298 e. The van der Waals surface area contributed by atoms with Crippen molar-refractivity contribution in [3.63, 3.8) is 0 Å². The molecule has 2 amide bonds. The van der Waals surface area contributed by atoms with Crippen LogP contribution in [0.4, 0.5) is 5.69 Å². The zero-order valence-electron chi connectivity index (χ0n) is 13.0. The van der Waals surface area contributed by atoms with Gasteiger partial charge in [0.15, 0.2) is 5.11 Å². The van der Waals surface area contributed by atoms with Crippen molar-refractivity contribution in [2.24, 2.45) is 0 Å². The van der Waals surface area contributed by atoms with E-state index in [0.717, 1.165) is 19.2 Å². The van der Waals surface area contributed by atoms with E-state index in [2.05, 4.69) is 43.8 Å². The summed E-state index contributed by atoms with van der Waals surface area (Å²) in [6.45, 7) is 1.88. The Balaban J connectivity index is 2.07. The number of nitrogens with zero attached hydrogens (tertiary/aromatic N) is 1. The molecule has 2 aromatic carbocycles. The highest BCUT2D eigenvalue weighted by molar-refractivity contribution is 14.1. The average molecular weight is 527 g/mol. The Kier molecular flexibility index (Phi) is 5.35. The first kappa shape index (κ1) is 18.2. The van der Waals surface area contributed by atoms with E-state index >= 15 is 0 Å². The van der Waals surface area contributed by atoms with Gasteiger partial charge in [0, 0.05) is 8.04 Å². The molecule has 0 saturated carbocycles. The number of thiocarbonyl (C=S) groups is 1. The van der Waals surface area contributed by atoms with Gasteiger partial charge in [0.05, 0.1) is 5.69 Å². The average Bonchev–Trinajstić information content (AvgIpc) is 2.55. The minimum absolute atomic E-state index is 0.0556. The Hall–Kier alpha value is -1.58. The summed E-state index contributed by atoms with van der Waals surface area (Å²) < 4.78 is 1.86. The van der Waals surface area contributed by atoms with Crippen LogP contribution in [0.25, 0.3) is 6.08 Å². The predicted octanol–water partition coefficient (Wildman–Crippen LogP) is 4.19. The maximum Gasteiger partial charge on any atom is 0.270 e. The molecule has 7 heteroatoms. The third-order valence-electron chi connectivity index (χ3n) is 3.71. The molecular formula is C18H12BrIN2O2S. The van der Waals surface area contributed by atoms with Gasteiger partial charge in [-0.1, -0.05) is 34.1 Å². The molecule has 0 aromatic heterocycles. The highest BCUT2D eigenvalue weighted by Gasteiger charge is 2.35. The number of aryl methyl sites for hydroxylation is 1. The molecule has 0 atom stereocenters. The number of hydrogen-bond acceptors (Lipinski definition) is 3. The fourth-order valence-electron chi connectivity index (χ4n) is 2.49. The summed E-state index contributed by atoms with van der Waals surface area (Å²) in [6.07, 6.45) is 1.60. The topological polar surface area (TPSA) is 49.4 Å². The van der Waals surface area contributed by atoms with E-state index in [4.69, 9.17) is 12.2 Å². The van der Waals surface area contributed by atoms with Crippen LogP contribution in [0.3, 0.4) is 0 Å². The lowest BCUT2D eigenvalue weighted by Crippen LogP contribution is -2.54. The Bertz CT molecular complexity index is 942. The van der Waals surface area contributed by atoms with Crippen molar-refractivity contribution < 1.29 is 9.59 Å². The summed E-state index contributed by atoms with van der Waals surface area (Å²) in [6, 6.07) is 13.1. The summed E-state index contributed by atoms with van der Waals surface area (Å²) in [7, 11) is 0. The molecule has 2 aromatic rings. The number of carbonyl (C=O) groups is 2. The Morgan fingerprint density at radius 2 is 1.92 bits per heavy atom. The van der Waals surface area contributed by atoms with Crippen LogP contribution < -0.4 is 10.2 Å². The SMILES string of the molecule is Cc1cc(Br)ccc1N1C(=O)/C(=C/c2ccccc2I)C(=O)NC1=S. The number of carbonyl (C=O) groups excluding carboxylic acids is 2. The highest BCUT2D eigenvalue weighted by Crippen LogP contribution is 2.28. The number of anilines is 1. The van der Waals surface area contributed by atoms with Crippen molar-refractivity contribution in [1.82, 2.24) is 5.32 Å². The number of nitrogens with one attached hydrogen (secondary N) is 1. The lowest BCUT2D eigenvalue weighted by atomic mass is 10.1. The predicted molar refractivity (Wildman–Crippen MR) is 114 cm³/mol. The summed E-state index contributed by atoms with van der Waals surface area (Å²) >= 11 is 10.8. The number of rotatable bonds is 2. The quantitative estimate of drug-likeness (QED) is 0.276. The first-order valence-corrected chi connectivity index (χ1v) is 9.58. The normalized spacial score (nSPS) is 16.4. The second-order valence-electron chi connectivity index (χ2n) is 5.41. The monoisotopic (exact) mass is 526 g/mol. The van der Waals surface area contributed by atoms with Crippen molar-refractivity contribution in [1.29, 1.82) is 0 Å². The fraction of sp³-hybridized carbons (Fsp3) is 0.0556. The van der Waals surface area contributed by atoms with E-state index in [9.17, 15) is 9.59 Å². The van der Waals surface area contributed by atoms with Gasteiger partial charge in [-0.25, -0.2) is 0 Å². The van der Waals surface area contributed by atoms with Crippen LogP contribution in [-0.2, 0) is 9.59 Å². The third-order valence-corrected chi connectivity index (χ3v) is 5.47. The first-order valence-electron chi connectivity index (χ1n) is 7.30. The van der Waals surface area contributed by atoms with Crippen LogP contribution in [-0.4, -0.2) is 16.9 Å². The maximum atomic E-state index is 13.0. The molecule has 1 fully saturated rings. The number of benzene rings is 2. The molecule has 0 unspecified atom stereocenters. The second kappa shape index (κ2) is 7.35. The Labute approximate surface area is 172 Å². The zero-order valence-corrected chi connectivity index (χ0v) is 17.6. The number of hydrogen-bond donors (Lipinski definition) is 1. The lowest BCUT2D eigenvalue weighted by Gasteiger charge is -2.30. The van der Waals surface area contributed by atoms with Gasteiger partial charge in [0.25, 0.3) is 11.8 Å². The fourth-order valence-corrected chi connectivity index (χ4v) is 3.79. The van der Waals surface area contributed by atoms with Gasteiger partial charge in [0.2, 0.25) is 0 Å². The molecule has 1 saturated heterocycles. The smallest absolute Gasteiger partial charge is 0.270 e. The van der Waals surface area contributed by atoms with Gasteiger partial charge in [-0.15, -0.1) is 0 Å². The van der Waals surface area contributed by atoms with E-state index in [0.29, 0.717) is 5.69 Å². The van der Waals surface area contributed by atoms with Gasteiger partial charge in [-0.05, 0) is 83.2 Å². The molecule has 1 heterocycles. The van der Waals surface area contributed by atoms with E-state index in [1.54, 1.807) is 12.1 Å². The Morgan fingerprint density at radius 3 is 2.60 bits per heavy atom. The molecule has 0 bridgehead atoms. The van der Waals surface area contributed by atoms with Crippen LogP contribution >= 0.6 is 50.7 Å². The number of amides is 2. The molecule has 25 heavy (non-hydrogen) atoms. The summed E-state index contributed by atoms with van der Waals surface area (Å²) in [5.74, 6) is -0.917. The maximum absolute atomic E-state index is 13.0. The number of halogens is 2. The third kappa shape index (κ3) is 3.68. The minimum atomic E-state index is -0.485. The zero-order chi connectivity index (χ0) is 18.1. The van der Waals surface area contributed by atoms with Crippen LogP contribution in [0.15, 0.2) is 52.5 Å². The van der Waals surface area contributed by atoms with Crippen molar-refractivity contribution in [3.8, 4) is 0 Å². The molecule has 1 aliphatic heterocycles. The standard InChI is InChI=1S/C18H12BrIN2O2S/c1-10-8-12(19)6-7-15(10)22-17(24)13(16(23)21-18(22)25)9-11-4-2-3-5-14(11)20/h2-9H,1H3,(H,21,23,25)/b13-9+. The summed E-state index contributed by atoms with van der Waals surface area (Å²) in [5.41, 5.74) is 2.38. The van der Waals surface area contributed by atoms with Crippen LogP contribution in [0, 0.1) is 10.5 Å². The molecule has 1 N–H and O–H groups in total.